The maximum atomic E-state index is 10.8. The first-order chi connectivity index (χ1) is 11.2. The van der Waals surface area contributed by atoms with Crippen LogP contribution in [-0.2, 0) is 17.8 Å². The molecule has 120 valence electrons. The van der Waals surface area contributed by atoms with E-state index in [9.17, 15) is 4.79 Å². The Morgan fingerprint density at radius 1 is 1.09 bits per heavy atom. The third kappa shape index (κ3) is 3.99. The zero-order valence-corrected chi connectivity index (χ0v) is 13.3. The van der Waals surface area contributed by atoms with Gasteiger partial charge < -0.3 is 5.11 Å². The molecule has 0 aliphatic carbocycles. The normalized spacial score (nSPS) is 17.1. The monoisotopic (exact) mass is 309 g/mol. The van der Waals surface area contributed by atoms with Crippen molar-refractivity contribution in [3.8, 4) is 0 Å². The molecule has 0 saturated carbocycles. The van der Waals surface area contributed by atoms with E-state index in [1.807, 2.05) is 6.07 Å². The summed E-state index contributed by atoms with van der Waals surface area (Å²) in [6.45, 7) is 1.79. The molecule has 0 amide bonds. The number of rotatable bonds is 7. The number of carbonyl (C=O) groups is 1. The van der Waals surface area contributed by atoms with E-state index in [1.54, 1.807) is 0 Å². The first-order valence-electron chi connectivity index (χ1n) is 8.31. The van der Waals surface area contributed by atoms with Gasteiger partial charge in [0.25, 0.3) is 0 Å². The Hall–Kier alpha value is -2.13. The highest BCUT2D eigenvalue weighted by Gasteiger charge is 2.29. The number of carboxylic acid groups (broad SMARTS) is 1. The number of hydrogen-bond donors (Lipinski definition) is 1. The van der Waals surface area contributed by atoms with Crippen molar-refractivity contribution < 1.29 is 9.90 Å². The number of carboxylic acids is 1. The van der Waals surface area contributed by atoms with Crippen LogP contribution in [0.4, 0.5) is 0 Å². The maximum Gasteiger partial charge on any atom is 0.303 e. The van der Waals surface area contributed by atoms with Crippen LogP contribution in [0.25, 0.3) is 0 Å². The summed E-state index contributed by atoms with van der Waals surface area (Å²) in [5.74, 6) is -0.706. The molecule has 1 atom stereocenters. The lowest BCUT2D eigenvalue weighted by Crippen LogP contribution is -2.24. The van der Waals surface area contributed by atoms with Crippen molar-refractivity contribution in [2.75, 3.05) is 6.54 Å². The van der Waals surface area contributed by atoms with Crippen LogP contribution in [0.1, 0.15) is 42.0 Å². The van der Waals surface area contributed by atoms with E-state index < -0.39 is 5.97 Å². The van der Waals surface area contributed by atoms with E-state index in [1.165, 1.54) is 16.7 Å². The average molecular weight is 309 g/mol. The van der Waals surface area contributed by atoms with Crippen LogP contribution in [-0.4, -0.2) is 22.5 Å². The molecule has 1 heterocycles. The number of benzene rings is 2. The van der Waals surface area contributed by atoms with Crippen molar-refractivity contribution in [3.63, 3.8) is 0 Å². The third-order valence-corrected chi connectivity index (χ3v) is 4.61. The highest BCUT2D eigenvalue weighted by atomic mass is 16.4. The van der Waals surface area contributed by atoms with E-state index >= 15 is 0 Å². The average Bonchev–Trinajstić information content (AvgIpc) is 2.91. The fraction of sp³-hybridized carbons (Fsp3) is 0.350. The molecular weight excluding hydrogens is 286 g/mol. The summed E-state index contributed by atoms with van der Waals surface area (Å²) in [5, 5.41) is 8.86. The Kier molecular flexibility index (Phi) is 5.09. The summed E-state index contributed by atoms with van der Waals surface area (Å²) >= 11 is 0. The van der Waals surface area contributed by atoms with Gasteiger partial charge in [-0.3, -0.25) is 9.69 Å². The van der Waals surface area contributed by atoms with E-state index in [4.69, 9.17) is 5.11 Å². The Morgan fingerprint density at radius 2 is 1.83 bits per heavy atom. The first-order valence-corrected chi connectivity index (χ1v) is 8.31. The summed E-state index contributed by atoms with van der Waals surface area (Å²) in [5.41, 5.74) is 4.17. The van der Waals surface area contributed by atoms with Gasteiger partial charge in [-0.05, 0) is 42.5 Å². The summed E-state index contributed by atoms with van der Waals surface area (Å²) in [7, 11) is 0. The maximum absolute atomic E-state index is 10.8. The molecule has 0 unspecified atom stereocenters. The smallest absolute Gasteiger partial charge is 0.303 e. The Bertz CT molecular complexity index is 654. The van der Waals surface area contributed by atoms with Crippen molar-refractivity contribution in [3.05, 3.63) is 71.3 Å². The lowest BCUT2D eigenvalue weighted by Gasteiger charge is -2.25. The van der Waals surface area contributed by atoms with Gasteiger partial charge in [0.15, 0.2) is 0 Å². The second-order valence-corrected chi connectivity index (χ2v) is 6.21. The van der Waals surface area contributed by atoms with Crippen molar-refractivity contribution >= 4 is 5.97 Å². The topological polar surface area (TPSA) is 40.5 Å². The minimum atomic E-state index is -0.706. The molecule has 2 aromatic rings. The van der Waals surface area contributed by atoms with Gasteiger partial charge in [-0.25, -0.2) is 0 Å². The molecule has 1 aliphatic rings. The fourth-order valence-electron chi connectivity index (χ4n) is 3.48. The molecule has 0 radical (unpaired) electrons. The Morgan fingerprint density at radius 3 is 2.61 bits per heavy atom. The molecule has 0 spiro atoms. The molecule has 0 saturated heterocycles. The zero-order chi connectivity index (χ0) is 16.1. The van der Waals surface area contributed by atoms with Crippen LogP contribution in [0.2, 0.25) is 0 Å². The number of fused-ring (bicyclic) bond motifs is 1. The van der Waals surface area contributed by atoms with Gasteiger partial charge in [-0.15, -0.1) is 0 Å². The summed E-state index contributed by atoms with van der Waals surface area (Å²) in [6.07, 6.45) is 3.09. The van der Waals surface area contributed by atoms with Gasteiger partial charge in [-0.1, -0.05) is 54.6 Å². The molecule has 3 heteroatoms. The largest absolute Gasteiger partial charge is 0.481 e. The van der Waals surface area contributed by atoms with Gasteiger partial charge >= 0.3 is 5.97 Å². The lowest BCUT2D eigenvalue weighted by molar-refractivity contribution is -0.137. The van der Waals surface area contributed by atoms with Gasteiger partial charge in [-0.2, -0.15) is 0 Å². The molecule has 1 aliphatic heterocycles. The Labute approximate surface area is 137 Å². The molecule has 3 rings (SSSR count). The SMILES string of the molecule is O=C(O)CCCN1Cc2ccccc2[C@@H]1CCc1ccccc1. The quantitative estimate of drug-likeness (QED) is 0.839. The standard InChI is InChI=1S/C20H23NO2/c22-20(23)11-6-14-21-15-17-9-4-5-10-18(17)19(21)13-12-16-7-2-1-3-8-16/h1-5,7-10,19H,6,11-15H2,(H,22,23)/t19-/m0/s1. The minimum absolute atomic E-state index is 0.248. The minimum Gasteiger partial charge on any atom is -0.481 e. The van der Waals surface area contributed by atoms with Crippen molar-refractivity contribution in [1.82, 2.24) is 4.90 Å². The van der Waals surface area contributed by atoms with Gasteiger partial charge in [0, 0.05) is 19.0 Å². The number of aliphatic carboxylic acids is 1. The predicted molar refractivity (Wildman–Crippen MR) is 91.2 cm³/mol. The molecule has 1 N–H and O–H groups in total. The highest BCUT2D eigenvalue weighted by Crippen LogP contribution is 2.36. The lowest BCUT2D eigenvalue weighted by atomic mass is 9.98. The number of nitrogens with zero attached hydrogens (tertiary/aromatic N) is 1. The van der Waals surface area contributed by atoms with Crippen molar-refractivity contribution in [2.24, 2.45) is 0 Å². The summed E-state index contributed by atoms with van der Waals surface area (Å²) in [6, 6.07) is 19.6. The summed E-state index contributed by atoms with van der Waals surface area (Å²) in [4.78, 5) is 13.2. The van der Waals surface area contributed by atoms with E-state index in [2.05, 4.69) is 53.4 Å². The van der Waals surface area contributed by atoms with Crippen LogP contribution in [0, 0.1) is 0 Å². The van der Waals surface area contributed by atoms with Crippen molar-refractivity contribution in [1.29, 1.82) is 0 Å². The molecule has 0 bridgehead atoms. The van der Waals surface area contributed by atoms with Crippen LogP contribution < -0.4 is 0 Å². The van der Waals surface area contributed by atoms with Crippen LogP contribution in [0.5, 0.6) is 0 Å². The van der Waals surface area contributed by atoms with Crippen LogP contribution >= 0.6 is 0 Å². The van der Waals surface area contributed by atoms with Gasteiger partial charge in [0.2, 0.25) is 0 Å². The summed E-state index contributed by atoms with van der Waals surface area (Å²) < 4.78 is 0. The first kappa shape index (κ1) is 15.8. The zero-order valence-electron chi connectivity index (χ0n) is 13.3. The molecule has 3 nitrogen and oxygen atoms in total. The second-order valence-electron chi connectivity index (χ2n) is 6.21. The number of aryl methyl sites for hydroxylation is 1. The van der Waals surface area contributed by atoms with E-state index in [-0.39, 0.29) is 6.42 Å². The highest BCUT2D eigenvalue weighted by molar-refractivity contribution is 5.66. The van der Waals surface area contributed by atoms with E-state index in [0.717, 1.165) is 25.9 Å². The number of hydrogen-bond acceptors (Lipinski definition) is 2. The molecular formula is C20H23NO2. The Balaban J connectivity index is 1.68. The molecule has 2 aromatic carbocycles. The van der Waals surface area contributed by atoms with Crippen molar-refractivity contribution in [2.45, 2.75) is 38.3 Å². The van der Waals surface area contributed by atoms with Gasteiger partial charge in [0.05, 0.1) is 0 Å². The molecule has 0 fully saturated rings. The molecule has 0 aromatic heterocycles. The predicted octanol–water partition coefficient (Wildman–Crippen LogP) is 4.04. The van der Waals surface area contributed by atoms with Gasteiger partial charge in [0.1, 0.15) is 0 Å². The van der Waals surface area contributed by atoms with Crippen LogP contribution in [0.3, 0.4) is 0 Å². The fourth-order valence-corrected chi connectivity index (χ4v) is 3.48. The van der Waals surface area contributed by atoms with Crippen LogP contribution in [0.15, 0.2) is 54.6 Å². The molecule has 23 heavy (non-hydrogen) atoms. The second kappa shape index (κ2) is 7.42. The van der Waals surface area contributed by atoms with E-state index in [0.29, 0.717) is 12.5 Å². The third-order valence-electron chi connectivity index (χ3n) is 4.61.